The molecule has 6 heteroatoms. The summed E-state index contributed by atoms with van der Waals surface area (Å²) in [6.07, 6.45) is 1.76. The molecule has 2 rings (SSSR count). The second-order valence-corrected chi connectivity index (χ2v) is 5.29. The number of rotatable bonds is 4. The summed E-state index contributed by atoms with van der Waals surface area (Å²) in [5.74, 6) is 0.200. The number of nitrogen functional groups attached to an aromatic ring is 1. The maximum absolute atomic E-state index is 13.9. The Morgan fingerprint density at radius 3 is 2.50 bits per heavy atom. The van der Waals surface area contributed by atoms with Gasteiger partial charge in [0, 0.05) is 16.8 Å². The molecule has 0 unspecified atom stereocenters. The molecule has 0 amide bonds. The first-order valence-corrected chi connectivity index (χ1v) is 6.77. The van der Waals surface area contributed by atoms with Crippen LogP contribution in [-0.4, -0.2) is 20.2 Å². The summed E-state index contributed by atoms with van der Waals surface area (Å²) in [4.78, 5) is 0. The van der Waals surface area contributed by atoms with E-state index in [-0.39, 0.29) is 11.4 Å². The largest absolute Gasteiger partial charge is 0.398 e. The van der Waals surface area contributed by atoms with Crippen molar-refractivity contribution >= 4 is 5.69 Å². The van der Waals surface area contributed by atoms with E-state index in [4.69, 9.17) is 5.73 Å². The van der Waals surface area contributed by atoms with Crippen molar-refractivity contribution in [1.82, 2.24) is 20.2 Å². The van der Waals surface area contributed by atoms with E-state index in [2.05, 4.69) is 36.3 Å². The first kappa shape index (κ1) is 14.4. The van der Waals surface area contributed by atoms with Crippen LogP contribution in [0.25, 0.3) is 11.4 Å². The number of anilines is 1. The summed E-state index contributed by atoms with van der Waals surface area (Å²) in [7, 11) is 0. The number of nitrogens with two attached hydrogens (primary N) is 1. The monoisotopic (exact) mass is 277 g/mol. The van der Waals surface area contributed by atoms with E-state index in [1.54, 1.807) is 17.7 Å². The molecule has 0 aliphatic heterocycles. The minimum absolute atomic E-state index is 0.199. The second kappa shape index (κ2) is 5.19. The minimum Gasteiger partial charge on any atom is -0.398 e. The summed E-state index contributed by atoms with van der Waals surface area (Å²) in [5.41, 5.74) is 7.09. The quantitative estimate of drug-likeness (QED) is 0.872. The van der Waals surface area contributed by atoms with E-state index >= 15 is 0 Å². The first-order valence-electron chi connectivity index (χ1n) is 6.77. The number of hydrogen-bond donors (Lipinski definition) is 1. The third kappa shape index (κ3) is 2.26. The van der Waals surface area contributed by atoms with Gasteiger partial charge in [-0.15, -0.1) is 5.10 Å². The van der Waals surface area contributed by atoms with Crippen molar-refractivity contribution < 1.29 is 4.39 Å². The van der Waals surface area contributed by atoms with E-state index in [9.17, 15) is 4.39 Å². The number of aromatic nitrogens is 4. The van der Waals surface area contributed by atoms with Gasteiger partial charge in [0.15, 0.2) is 5.82 Å². The standard InChI is InChI=1S/C14H20FN5/c1-5-14(4,6-2)20-13(17-18-19-20)10-7-11(15)9(3)12(16)8-10/h7-8H,5-6,16H2,1-4H3. The molecule has 1 aromatic carbocycles. The van der Waals surface area contributed by atoms with Crippen LogP contribution in [0.2, 0.25) is 0 Å². The lowest BCUT2D eigenvalue weighted by Gasteiger charge is -2.27. The highest BCUT2D eigenvalue weighted by Gasteiger charge is 2.27. The van der Waals surface area contributed by atoms with Crippen LogP contribution in [0.3, 0.4) is 0 Å². The van der Waals surface area contributed by atoms with Gasteiger partial charge < -0.3 is 5.73 Å². The highest BCUT2D eigenvalue weighted by Crippen LogP contribution is 2.30. The Kier molecular flexibility index (Phi) is 3.74. The Labute approximate surface area is 118 Å². The van der Waals surface area contributed by atoms with Crippen molar-refractivity contribution in [2.75, 3.05) is 5.73 Å². The Morgan fingerprint density at radius 2 is 1.95 bits per heavy atom. The predicted octanol–water partition coefficient (Wildman–Crippen LogP) is 2.91. The molecule has 0 aliphatic rings. The third-order valence-electron chi connectivity index (χ3n) is 4.15. The third-order valence-corrected chi connectivity index (χ3v) is 4.15. The van der Waals surface area contributed by atoms with Gasteiger partial charge in [0.2, 0.25) is 0 Å². The molecule has 0 spiro atoms. The second-order valence-electron chi connectivity index (χ2n) is 5.29. The van der Waals surface area contributed by atoms with Crippen LogP contribution in [0.5, 0.6) is 0 Å². The molecule has 0 radical (unpaired) electrons. The summed E-state index contributed by atoms with van der Waals surface area (Å²) in [6.45, 7) is 7.90. The zero-order valence-corrected chi connectivity index (χ0v) is 12.3. The molecule has 0 saturated carbocycles. The number of hydrogen-bond acceptors (Lipinski definition) is 4. The maximum Gasteiger partial charge on any atom is 0.182 e. The molecule has 0 bridgehead atoms. The number of benzene rings is 1. The zero-order valence-electron chi connectivity index (χ0n) is 12.3. The molecule has 0 fully saturated rings. The van der Waals surface area contributed by atoms with Crippen molar-refractivity contribution in [2.45, 2.75) is 46.1 Å². The van der Waals surface area contributed by atoms with Crippen molar-refractivity contribution in [2.24, 2.45) is 0 Å². The molecule has 5 nitrogen and oxygen atoms in total. The number of tetrazole rings is 1. The molecule has 20 heavy (non-hydrogen) atoms. The molecule has 0 atom stereocenters. The van der Waals surface area contributed by atoms with Gasteiger partial charge in [-0.3, -0.25) is 0 Å². The normalized spacial score (nSPS) is 11.8. The van der Waals surface area contributed by atoms with Gasteiger partial charge in [-0.2, -0.15) is 0 Å². The van der Waals surface area contributed by atoms with Crippen LogP contribution in [0.15, 0.2) is 12.1 Å². The predicted molar refractivity (Wildman–Crippen MR) is 76.6 cm³/mol. The lowest BCUT2D eigenvalue weighted by Crippen LogP contribution is -2.30. The lowest BCUT2D eigenvalue weighted by atomic mass is 9.95. The van der Waals surface area contributed by atoms with Gasteiger partial charge in [-0.05, 0) is 49.2 Å². The smallest absolute Gasteiger partial charge is 0.182 e. The van der Waals surface area contributed by atoms with Crippen LogP contribution in [0.1, 0.15) is 39.2 Å². The average Bonchev–Trinajstić information content (AvgIpc) is 2.93. The molecule has 0 aliphatic carbocycles. The Balaban J connectivity index is 2.58. The maximum atomic E-state index is 13.9. The van der Waals surface area contributed by atoms with E-state index < -0.39 is 0 Å². The minimum atomic E-state index is -0.343. The fraction of sp³-hybridized carbons (Fsp3) is 0.500. The number of halogens is 1. The Morgan fingerprint density at radius 1 is 1.30 bits per heavy atom. The highest BCUT2D eigenvalue weighted by molar-refractivity contribution is 5.64. The van der Waals surface area contributed by atoms with E-state index in [0.717, 1.165) is 12.8 Å². The van der Waals surface area contributed by atoms with Crippen LogP contribution >= 0.6 is 0 Å². The fourth-order valence-corrected chi connectivity index (χ4v) is 2.11. The molecule has 0 saturated heterocycles. The SMILES string of the molecule is CCC(C)(CC)n1nnnc1-c1cc(N)c(C)c(F)c1. The van der Waals surface area contributed by atoms with Crippen molar-refractivity contribution in [3.8, 4) is 11.4 Å². The Hall–Kier alpha value is -1.98. The fourth-order valence-electron chi connectivity index (χ4n) is 2.11. The van der Waals surface area contributed by atoms with Crippen LogP contribution in [0.4, 0.5) is 10.1 Å². The number of nitrogens with zero attached hydrogens (tertiary/aromatic N) is 4. The van der Waals surface area contributed by atoms with Gasteiger partial charge >= 0.3 is 0 Å². The average molecular weight is 277 g/mol. The molecule has 2 aromatic rings. The molecule has 1 heterocycles. The van der Waals surface area contributed by atoms with E-state index in [1.165, 1.54) is 6.07 Å². The van der Waals surface area contributed by atoms with Gasteiger partial charge in [0.05, 0.1) is 5.54 Å². The Bertz CT molecular complexity index is 593. The van der Waals surface area contributed by atoms with Gasteiger partial charge in [-0.25, -0.2) is 9.07 Å². The summed E-state index contributed by atoms with van der Waals surface area (Å²) in [6, 6.07) is 3.14. The molecule has 1 aromatic heterocycles. The van der Waals surface area contributed by atoms with Gasteiger partial charge in [0.25, 0.3) is 0 Å². The molecule has 108 valence electrons. The summed E-state index contributed by atoms with van der Waals surface area (Å²) < 4.78 is 15.6. The van der Waals surface area contributed by atoms with Crippen molar-refractivity contribution in [1.29, 1.82) is 0 Å². The van der Waals surface area contributed by atoms with E-state index in [0.29, 0.717) is 22.6 Å². The van der Waals surface area contributed by atoms with Crippen molar-refractivity contribution in [3.63, 3.8) is 0 Å². The molecular formula is C14H20FN5. The zero-order chi connectivity index (χ0) is 14.9. The van der Waals surface area contributed by atoms with Gasteiger partial charge in [0.1, 0.15) is 5.82 Å². The van der Waals surface area contributed by atoms with Crippen molar-refractivity contribution in [3.05, 3.63) is 23.5 Å². The van der Waals surface area contributed by atoms with Crippen LogP contribution < -0.4 is 5.73 Å². The molecule has 2 N–H and O–H groups in total. The van der Waals surface area contributed by atoms with Crippen LogP contribution in [-0.2, 0) is 5.54 Å². The topological polar surface area (TPSA) is 69.6 Å². The lowest BCUT2D eigenvalue weighted by molar-refractivity contribution is 0.262. The summed E-state index contributed by atoms with van der Waals surface area (Å²) in [5, 5.41) is 11.9. The van der Waals surface area contributed by atoms with E-state index in [1.807, 2.05) is 0 Å². The van der Waals surface area contributed by atoms with Crippen LogP contribution in [0, 0.1) is 12.7 Å². The first-order chi connectivity index (χ1) is 9.42. The molecular weight excluding hydrogens is 257 g/mol. The highest BCUT2D eigenvalue weighted by atomic mass is 19.1. The summed E-state index contributed by atoms with van der Waals surface area (Å²) >= 11 is 0. The van der Waals surface area contributed by atoms with Gasteiger partial charge in [-0.1, -0.05) is 13.8 Å².